The van der Waals surface area contributed by atoms with Crippen LogP contribution in [0.1, 0.15) is 59.8 Å². The standard InChI is InChI=1S/C12H22OS.C6H10/c1-4-10(2)12(6-5-9-14)8-7-11(3)13;1-3-5-6-4-2/h4,12,14H,5-9H2,1-3H3;3-4,6H,1,5H2,2H3/b10-4+;6-4-. The maximum absolute atomic E-state index is 10.9. The highest BCUT2D eigenvalue weighted by atomic mass is 32.1. The molecular weight excluding hydrogens is 264 g/mol. The summed E-state index contributed by atoms with van der Waals surface area (Å²) >= 11 is 4.22. The van der Waals surface area contributed by atoms with Crippen molar-refractivity contribution in [2.45, 2.75) is 59.8 Å². The molecule has 0 aromatic carbocycles. The van der Waals surface area contributed by atoms with Crippen molar-refractivity contribution in [2.24, 2.45) is 5.92 Å². The molecule has 0 aromatic rings. The fourth-order valence-corrected chi connectivity index (χ4v) is 1.97. The number of carbonyl (C=O) groups excluding carboxylic acids is 1. The van der Waals surface area contributed by atoms with Gasteiger partial charge >= 0.3 is 0 Å². The van der Waals surface area contributed by atoms with E-state index < -0.39 is 0 Å². The lowest BCUT2D eigenvalue weighted by Crippen LogP contribution is -2.05. The van der Waals surface area contributed by atoms with Gasteiger partial charge in [-0.05, 0) is 65.0 Å². The number of allylic oxidation sites excluding steroid dienone is 5. The SMILES string of the molecule is C/C=C(\C)C(CCCS)CCC(C)=O.C=CC/C=C\C. The lowest BCUT2D eigenvalue weighted by molar-refractivity contribution is -0.117. The molecule has 1 atom stereocenters. The van der Waals surface area contributed by atoms with Crippen LogP contribution in [-0.2, 0) is 4.79 Å². The maximum Gasteiger partial charge on any atom is 0.129 e. The molecule has 0 saturated heterocycles. The molecule has 0 saturated carbocycles. The van der Waals surface area contributed by atoms with Gasteiger partial charge in [0, 0.05) is 6.42 Å². The number of hydrogen-bond acceptors (Lipinski definition) is 2. The van der Waals surface area contributed by atoms with Gasteiger partial charge in [-0.3, -0.25) is 0 Å². The van der Waals surface area contributed by atoms with Crippen LogP contribution >= 0.6 is 12.6 Å². The molecule has 0 aliphatic heterocycles. The number of ketones is 1. The highest BCUT2D eigenvalue weighted by Crippen LogP contribution is 2.22. The monoisotopic (exact) mass is 296 g/mol. The lowest BCUT2D eigenvalue weighted by atomic mass is 9.90. The van der Waals surface area contributed by atoms with Crippen LogP contribution in [0.25, 0.3) is 0 Å². The third-order valence-electron chi connectivity index (χ3n) is 3.19. The van der Waals surface area contributed by atoms with Gasteiger partial charge in [-0.2, -0.15) is 12.6 Å². The summed E-state index contributed by atoms with van der Waals surface area (Å²) in [5, 5.41) is 0. The molecule has 1 nitrogen and oxygen atoms in total. The normalized spacial score (nSPS) is 12.8. The molecule has 0 spiro atoms. The summed E-state index contributed by atoms with van der Waals surface area (Å²) in [5.74, 6) is 1.81. The number of rotatable bonds is 9. The quantitative estimate of drug-likeness (QED) is 0.421. The topological polar surface area (TPSA) is 17.1 Å². The molecule has 0 amide bonds. The second kappa shape index (κ2) is 16.3. The maximum atomic E-state index is 10.9. The molecule has 1 unspecified atom stereocenters. The zero-order chi connectivity index (χ0) is 15.8. The molecule has 0 aliphatic rings. The molecule has 0 aromatic heterocycles. The Labute approximate surface area is 131 Å². The highest BCUT2D eigenvalue weighted by molar-refractivity contribution is 7.80. The molecule has 116 valence electrons. The average Bonchev–Trinajstić information content (AvgIpc) is 2.44. The van der Waals surface area contributed by atoms with Crippen molar-refractivity contribution in [3.8, 4) is 0 Å². The first-order valence-electron chi connectivity index (χ1n) is 7.48. The van der Waals surface area contributed by atoms with Gasteiger partial charge in [-0.25, -0.2) is 0 Å². The second-order valence-corrected chi connectivity index (χ2v) is 5.38. The Kier molecular flexibility index (Phi) is 17.5. The van der Waals surface area contributed by atoms with E-state index in [1.165, 1.54) is 5.57 Å². The van der Waals surface area contributed by atoms with E-state index in [4.69, 9.17) is 0 Å². The van der Waals surface area contributed by atoms with E-state index in [9.17, 15) is 4.79 Å². The molecule has 0 rings (SSSR count). The average molecular weight is 297 g/mol. The van der Waals surface area contributed by atoms with E-state index in [2.05, 4.69) is 45.2 Å². The first-order valence-corrected chi connectivity index (χ1v) is 8.11. The lowest BCUT2D eigenvalue weighted by Gasteiger charge is -2.16. The van der Waals surface area contributed by atoms with Gasteiger partial charge in [0.25, 0.3) is 0 Å². The molecule has 20 heavy (non-hydrogen) atoms. The molecular formula is C18H32OS. The third kappa shape index (κ3) is 15.3. The van der Waals surface area contributed by atoms with E-state index in [0.717, 1.165) is 31.4 Å². The van der Waals surface area contributed by atoms with E-state index in [0.29, 0.717) is 18.1 Å². The van der Waals surface area contributed by atoms with Gasteiger partial charge < -0.3 is 4.79 Å². The molecule has 2 heteroatoms. The molecule has 0 fully saturated rings. The van der Waals surface area contributed by atoms with E-state index in [-0.39, 0.29) is 0 Å². The molecule has 0 heterocycles. The van der Waals surface area contributed by atoms with Crippen LogP contribution in [0.3, 0.4) is 0 Å². The Morgan fingerprint density at radius 1 is 1.25 bits per heavy atom. The predicted octanol–water partition coefficient (Wildman–Crippen LogP) is 5.79. The highest BCUT2D eigenvalue weighted by Gasteiger charge is 2.10. The van der Waals surface area contributed by atoms with Crippen molar-refractivity contribution in [1.82, 2.24) is 0 Å². The third-order valence-corrected chi connectivity index (χ3v) is 3.51. The van der Waals surface area contributed by atoms with Crippen LogP contribution in [0.15, 0.2) is 36.5 Å². The number of Topliss-reactive ketones (excluding diaryl/α,β-unsaturated/α-hetero) is 1. The minimum absolute atomic E-state index is 0.296. The van der Waals surface area contributed by atoms with E-state index in [1.807, 2.05) is 19.1 Å². The zero-order valence-corrected chi connectivity index (χ0v) is 14.6. The van der Waals surface area contributed by atoms with Crippen LogP contribution in [0.2, 0.25) is 0 Å². The molecule has 0 aliphatic carbocycles. The van der Waals surface area contributed by atoms with Crippen LogP contribution in [0, 0.1) is 5.92 Å². The fraction of sp³-hybridized carbons (Fsp3) is 0.611. The summed E-state index contributed by atoms with van der Waals surface area (Å²) in [6.07, 6.45) is 13.1. The number of thiol groups is 1. The Bertz CT molecular complexity index is 303. The Morgan fingerprint density at radius 2 is 1.90 bits per heavy atom. The van der Waals surface area contributed by atoms with Crippen LogP contribution in [0.4, 0.5) is 0 Å². The van der Waals surface area contributed by atoms with Gasteiger partial charge in [0.1, 0.15) is 5.78 Å². The summed E-state index contributed by atoms with van der Waals surface area (Å²) in [5.41, 5.74) is 1.41. The second-order valence-electron chi connectivity index (χ2n) is 4.93. The summed E-state index contributed by atoms with van der Waals surface area (Å²) in [6.45, 7) is 11.4. The minimum Gasteiger partial charge on any atom is -0.300 e. The van der Waals surface area contributed by atoms with E-state index >= 15 is 0 Å². The summed E-state index contributed by atoms with van der Waals surface area (Å²) in [6, 6.07) is 0. The summed E-state index contributed by atoms with van der Waals surface area (Å²) < 4.78 is 0. The summed E-state index contributed by atoms with van der Waals surface area (Å²) in [7, 11) is 0. The largest absolute Gasteiger partial charge is 0.300 e. The Hall–Kier alpha value is -0.760. The van der Waals surface area contributed by atoms with Crippen molar-refractivity contribution in [1.29, 1.82) is 0 Å². The first-order chi connectivity index (χ1) is 9.53. The van der Waals surface area contributed by atoms with Crippen molar-refractivity contribution < 1.29 is 4.79 Å². The number of carbonyl (C=O) groups is 1. The van der Waals surface area contributed by atoms with E-state index in [1.54, 1.807) is 6.92 Å². The molecule has 0 bridgehead atoms. The van der Waals surface area contributed by atoms with Crippen molar-refractivity contribution in [3.63, 3.8) is 0 Å². The van der Waals surface area contributed by atoms with Crippen molar-refractivity contribution in [3.05, 3.63) is 36.5 Å². The Morgan fingerprint density at radius 3 is 2.25 bits per heavy atom. The molecule has 0 N–H and O–H groups in total. The Balaban J connectivity index is 0. The van der Waals surface area contributed by atoms with Crippen molar-refractivity contribution >= 4 is 18.4 Å². The van der Waals surface area contributed by atoms with Gasteiger partial charge in [0.2, 0.25) is 0 Å². The van der Waals surface area contributed by atoms with Crippen LogP contribution in [0.5, 0.6) is 0 Å². The van der Waals surface area contributed by atoms with Gasteiger partial charge in [0.05, 0.1) is 0 Å². The summed E-state index contributed by atoms with van der Waals surface area (Å²) in [4.78, 5) is 10.9. The van der Waals surface area contributed by atoms with Crippen LogP contribution in [-0.4, -0.2) is 11.5 Å². The zero-order valence-electron chi connectivity index (χ0n) is 13.7. The molecule has 0 radical (unpaired) electrons. The van der Waals surface area contributed by atoms with Gasteiger partial charge in [-0.15, -0.1) is 6.58 Å². The minimum atomic E-state index is 0.296. The van der Waals surface area contributed by atoms with Crippen LogP contribution < -0.4 is 0 Å². The fourth-order valence-electron chi connectivity index (χ4n) is 1.78. The first kappa shape index (κ1) is 21.5. The van der Waals surface area contributed by atoms with Gasteiger partial charge in [0.15, 0.2) is 0 Å². The van der Waals surface area contributed by atoms with Gasteiger partial charge in [-0.1, -0.05) is 29.9 Å². The number of hydrogen-bond donors (Lipinski definition) is 1. The smallest absolute Gasteiger partial charge is 0.129 e. The van der Waals surface area contributed by atoms with Crippen molar-refractivity contribution in [2.75, 3.05) is 5.75 Å². The predicted molar refractivity (Wildman–Crippen MR) is 95.6 cm³/mol.